The minimum Gasteiger partial charge on any atom is -0.436 e. The summed E-state index contributed by atoms with van der Waals surface area (Å²) in [6.45, 7) is 0. The zero-order valence-corrected chi connectivity index (χ0v) is 31.1. The highest BCUT2D eigenvalue weighted by molar-refractivity contribution is 8.00. The first-order valence-corrected chi connectivity index (χ1v) is 19.9. The molecule has 0 saturated heterocycles. The van der Waals surface area contributed by atoms with Gasteiger partial charge in [-0.1, -0.05) is 133 Å². The number of hydrogen-bond acceptors (Lipinski definition) is 6. The Hall–Kier alpha value is -6.47. The Kier molecular flexibility index (Phi) is 7.64. The molecule has 0 fully saturated rings. The zero-order valence-electron chi connectivity index (χ0n) is 29.5. The lowest BCUT2D eigenvalue weighted by Gasteiger charge is -2.36. The number of benzene rings is 8. The van der Waals surface area contributed by atoms with E-state index in [1.54, 1.807) is 0 Å². The van der Waals surface area contributed by atoms with Crippen LogP contribution >= 0.6 is 23.5 Å². The van der Waals surface area contributed by atoms with Gasteiger partial charge in [-0.3, -0.25) is 0 Å². The van der Waals surface area contributed by atoms with E-state index < -0.39 is 0 Å². The van der Waals surface area contributed by atoms with Gasteiger partial charge in [0.2, 0.25) is 5.89 Å². The largest absolute Gasteiger partial charge is 0.436 e. The van der Waals surface area contributed by atoms with Crippen molar-refractivity contribution in [3.63, 3.8) is 0 Å². The molecule has 0 aliphatic carbocycles. The Bertz CT molecular complexity index is 2700. The predicted octanol–water partition coefficient (Wildman–Crippen LogP) is 14.7. The third-order valence-corrected chi connectivity index (χ3v) is 12.5. The molecule has 0 spiro atoms. The fourth-order valence-electron chi connectivity index (χ4n) is 7.73. The molecule has 11 rings (SSSR count). The molecule has 3 heterocycles. The van der Waals surface area contributed by atoms with Crippen LogP contribution in [0.2, 0.25) is 0 Å². The van der Waals surface area contributed by atoms with Crippen LogP contribution < -0.4 is 9.80 Å². The third kappa shape index (κ3) is 5.53. The van der Waals surface area contributed by atoms with Crippen LogP contribution in [-0.2, 0) is 0 Å². The number of nitrogens with zero attached hydrogens (tertiary/aromatic N) is 3. The highest BCUT2D eigenvalue weighted by Crippen LogP contribution is 2.55. The van der Waals surface area contributed by atoms with Gasteiger partial charge in [-0.15, -0.1) is 0 Å². The molecule has 4 nitrogen and oxygen atoms in total. The van der Waals surface area contributed by atoms with E-state index in [0.29, 0.717) is 5.89 Å². The smallest absolute Gasteiger partial charge is 0.227 e. The third-order valence-electron chi connectivity index (χ3n) is 10.2. The van der Waals surface area contributed by atoms with Crippen molar-refractivity contribution in [2.75, 3.05) is 9.80 Å². The Balaban J connectivity index is 1.17. The van der Waals surface area contributed by atoms with Crippen molar-refractivity contribution >= 4 is 68.7 Å². The summed E-state index contributed by atoms with van der Waals surface area (Å²) in [5.41, 5.74) is 13.4. The highest BCUT2D eigenvalue weighted by atomic mass is 32.2. The molecule has 6 heteroatoms. The van der Waals surface area contributed by atoms with E-state index in [1.165, 1.54) is 19.6 Å². The van der Waals surface area contributed by atoms with Crippen LogP contribution in [0.4, 0.5) is 34.1 Å². The Morgan fingerprint density at radius 2 is 0.818 bits per heavy atom. The van der Waals surface area contributed by atoms with Crippen LogP contribution in [-0.4, -0.2) is 4.98 Å². The second kappa shape index (κ2) is 13.1. The fourth-order valence-corrected chi connectivity index (χ4v) is 9.85. The maximum absolute atomic E-state index is 6.88. The van der Waals surface area contributed by atoms with Gasteiger partial charge < -0.3 is 14.2 Å². The summed E-state index contributed by atoms with van der Waals surface area (Å²) < 4.78 is 6.88. The molecule has 55 heavy (non-hydrogen) atoms. The number of anilines is 6. The summed E-state index contributed by atoms with van der Waals surface area (Å²) in [7, 11) is 0. The Labute approximate surface area is 327 Å². The summed E-state index contributed by atoms with van der Waals surface area (Å²) >= 11 is 3.62. The Morgan fingerprint density at radius 3 is 1.31 bits per heavy atom. The summed E-state index contributed by atoms with van der Waals surface area (Å²) in [5.74, 6) is 0.571. The molecule has 0 saturated carbocycles. The average Bonchev–Trinajstić information content (AvgIpc) is 3.69. The second-order valence-electron chi connectivity index (χ2n) is 13.6. The number of rotatable bonds is 5. The summed E-state index contributed by atoms with van der Waals surface area (Å²) in [5, 5.41) is 0. The van der Waals surface area contributed by atoms with Crippen molar-refractivity contribution in [1.82, 2.24) is 4.98 Å². The van der Waals surface area contributed by atoms with Crippen molar-refractivity contribution in [2.45, 2.75) is 19.6 Å². The number of oxazole rings is 1. The van der Waals surface area contributed by atoms with Gasteiger partial charge in [0.25, 0.3) is 0 Å². The van der Waals surface area contributed by atoms with E-state index in [2.05, 4.69) is 186 Å². The number of aromatic nitrogens is 1. The van der Waals surface area contributed by atoms with Gasteiger partial charge in [0.1, 0.15) is 5.52 Å². The molecular formula is C49H31N3OS2. The maximum Gasteiger partial charge on any atom is 0.227 e. The molecule has 1 aromatic heterocycles. The second-order valence-corrected chi connectivity index (χ2v) is 15.8. The number of hydrogen-bond donors (Lipinski definition) is 0. The van der Waals surface area contributed by atoms with Crippen molar-refractivity contribution in [3.05, 3.63) is 188 Å². The number of para-hydroxylation sites is 4. The van der Waals surface area contributed by atoms with Crippen LogP contribution in [0.25, 0.3) is 44.8 Å². The molecule has 9 aromatic rings. The van der Waals surface area contributed by atoms with Crippen LogP contribution in [0.5, 0.6) is 0 Å². The lowest BCUT2D eigenvalue weighted by molar-refractivity contribution is 0.620. The highest BCUT2D eigenvalue weighted by Gasteiger charge is 2.29. The molecule has 0 N–H and O–H groups in total. The normalized spacial score (nSPS) is 12.9. The molecule has 0 unspecified atom stereocenters. The van der Waals surface area contributed by atoms with Crippen LogP contribution in [0.1, 0.15) is 0 Å². The molecule has 0 bridgehead atoms. The monoisotopic (exact) mass is 741 g/mol. The quantitative estimate of drug-likeness (QED) is 0.175. The van der Waals surface area contributed by atoms with E-state index in [9.17, 15) is 0 Å². The van der Waals surface area contributed by atoms with E-state index in [0.717, 1.165) is 73.0 Å². The van der Waals surface area contributed by atoms with Gasteiger partial charge >= 0.3 is 0 Å². The van der Waals surface area contributed by atoms with Crippen molar-refractivity contribution in [3.8, 4) is 33.7 Å². The van der Waals surface area contributed by atoms with E-state index in [-0.39, 0.29) is 0 Å². The van der Waals surface area contributed by atoms with Gasteiger partial charge in [-0.05, 0) is 95.6 Å². The molecular weight excluding hydrogens is 711 g/mol. The standard InChI is InChI=1S/C49H31N3OS2/c1-3-15-32(16-4-1)34-29-38(33-17-5-2-6-18-33)48-43(30-34)53-49(50-48)35-27-36(51-39-19-7-11-23-44(39)54-45-24-12-8-20-40(45)51)31-37(28-35)52-41-21-9-13-25-46(41)55-47-26-14-10-22-42(47)52/h1-31H. The summed E-state index contributed by atoms with van der Waals surface area (Å²) in [6, 6.07) is 66.7. The fraction of sp³-hybridized carbons (Fsp3) is 0. The Morgan fingerprint density at radius 1 is 0.382 bits per heavy atom. The lowest BCUT2D eigenvalue weighted by atomic mass is 9.98. The molecule has 260 valence electrons. The van der Waals surface area contributed by atoms with E-state index in [4.69, 9.17) is 9.40 Å². The van der Waals surface area contributed by atoms with Gasteiger partial charge in [0.05, 0.1) is 22.7 Å². The first-order chi connectivity index (χ1) is 27.2. The molecule has 8 aromatic carbocycles. The van der Waals surface area contributed by atoms with Gasteiger partial charge in [-0.25, -0.2) is 4.98 Å². The first kappa shape index (κ1) is 32.0. The SMILES string of the molecule is c1ccc(-c2cc(-c3ccccc3)c3nc(-c4cc(N5c6ccccc6Sc6ccccc65)cc(N5c6ccccc6Sc6ccccc65)c4)oc3c2)cc1. The van der Waals surface area contributed by atoms with E-state index >= 15 is 0 Å². The van der Waals surface area contributed by atoms with Gasteiger partial charge in [0.15, 0.2) is 5.58 Å². The maximum atomic E-state index is 6.88. The zero-order chi connectivity index (χ0) is 36.3. The van der Waals surface area contributed by atoms with Crippen molar-refractivity contribution in [2.24, 2.45) is 0 Å². The molecule has 2 aliphatic rings. The van der Waals surface area contributed by atoms with Crippen LogP contribution in [0.3, 0.4) is 0 Å². The average molecular weight is 742 g/mol. The lowest BCUT2D eigenvalue weighted by Crippen LogP contribution is -2.17. The van der Waals surface area contributed by atoms with Gasteiger partial charge in [-0.2, -0.15) is 0 Å². The summed E-state index contributed by atoms with van der Waals surface area (Å²) in [6.07, 6.45) is 0. The first-order valence-electron chi connectivity index (χ1n) is 18.3. The van der Waals surface area contributed by atoms with E-state index in [1.807, 2.05) is 35.7 Å². The van der Waals surface area contributed by atoms with Crippen molar-refractivity contribution in [1.29, 1.82) is 0 Å². The molecule has 0 atom stereocenters. The molecule has 0 radical (unpaired) electrons. The minimum absolute atomic E-state index is 0.571. The summed E-state index contributed by atoms with van der Waals surface area (Å²) in [4.78, 5) is 14.9. The topological polar surface area (TPSA) is 32.5 Å². The molecule has 0 amide bonds. The minimum atomic E-state index is 0.571. The molecule has 2 aliphatic heterocycles. The number of fused-ring (bicyclic) bond motifs is 5. The van der Waals surface area contributed by atoms with Crippen LogP contribution in [0, 0.1) is 0 Å². The van der Waals surface area contributed by atoms with Crippen molar-refractivity contribution < 1.29 is 4.42 Å². The predicted molar refractivity (Wildman–Crippen MR) is 228 cm³/mol. The van der Waals surface area contributed by atoms with Crippen LogP contribution in [0.15, 0.2) is 212 Å². The van der Waals surface area contributed by atoms with Gasteiger partial charge in [0, 0.05) is 42.1 Å².